The Labute approximate surface area is 225 Å². The number of aromatic nitrogens is 1. The quantitative estimate of drug-likeness (QED) is 0.280. The van der Waals surface area contributed by atoms with Gasteiger partial charge in [0, 0.05) is 17.4 Å². The first-order valence-corrected chi connectivity index (χ1v) is 12.6. The van der Waals surface area contributed by atoms with Gasteiger partial charge >= 0.3 is 5.97 Å². The van der Waals surface area contributed by atoms with Crippen molar-refractivity contribution >= 4 is 34.3 Å². The summed E-state index contributed by atoms with van der Waals surface area (Å²) in [6.45, 7) is 6.35. The van der Waals surface area contributed by atoms with E-state index in [1.807, 2.05) is 50.2 Å². The predicted octanol–water partition coefficient (Wildman–Crippen LogP) is 3.08. The molecule has 0 aliphatic heterocycles. The van der Waals surface area contributed by atoms with Crippen LogP contribution in [0.2, 0.25) is 0 Å². The van der Waals surface area contributed by atoms with Gasteiger partial charge in [-0.1, -0.05) is 64.1 Å². The van der Waals surface area contributed by atoms with Crippen LogP contribution in [0.5, 0.6) is 11.6 Å². The largest absolute Gasteiger partial charge is 0.483 e. The molecule has 0 unspecified atom stereocenters. The smallest absolute Gasteiger partial charge is 0.305 e. The fourth-order valence-corrected chi connectivity index (χ4v) is 3.75. The van der Waals surface area contributed by atoms with E-state index in [1.54, 1.807) is 19.9 Å². The van der Waals surface area contributed by atoms with Crippen LogP contribution in [0.25, 0.3) is 10.8 Å². The lowest BCUT2D eigenvalue weighted by atomic mass is 10.0. The van der Waals surface area contributed by atoms with Gasteiger partial charge in [0.15, 0.2) is 19.0 Å². The number of hydrogen-bond donors (Lipinski definition) is 3. The third kappa shape index (κ3) is 8.29. The average Bonchev–Trinajstić information content (AvgIpc) is 3.38. The Morgan fingerprint density at radius 3 is 2.33 bits per heavy atom. The zero-order chi connectivity index (χ0) is 28.5. The van der Waals surface area contributed by atoms with E-state index >= 15 is 0 Å². The van der Waals surface area contributed by atoms with Crippen molar-refractivity contribution in [2.24, 2.45) is 5.92 Å². The SMILES string of the molecule is CC(C)c1cc(OCC(=O)[C@H](CC(=O)O)NC(=O)[C@@H](NC(=O)COc2cccc3ccccc23)C(C)C)no1. The van der Waals surface area contributed by atoms with Gasteiger partial charge in [0.25, 0.3) is 11.8 Å². The third-order valence-corrected chi connectivity index (χ3v) is 5.90. The van der Waals surface area contributed by atoms with Crippen LogP contribution in [-0.4, -0.2) is 59.1 Å². The average molecular weight is 540 g/mol. The molecule has 11 nitrogen and oxygen atoms in total. The van der Waals surface area contributed by atoms with Crippen LogP contribution in [0.15, 0.2) is 53.1 Å². The minimum absolute atomic E-state index is 0.0604. The summed E-state index contributed by atoms with van der Waals surface area (Å²) in [5.41, 5.74) is 0. The Morgan fingerprint density at radius 1 is 0.949 bits per heavy atom. The molecule has 0 spiro atoms. The first-order chi connectivity index (χ1) is 18.5. The normalized spacial score (nSPS) is 12.7. The Morgan fingerprint density at radius 2 is 1.67 bits per heavy atom. The molecule has 0 aliphatic carbocycles. The molecule has 1 aromatic heterocycles. The number of ether oxygens (including phenoxy) is 2. The molecular formula is C28H33N3O8. The Kier molecular flexibility index (Phi) is 10.0. The van der Waals surface area contributed by atoms with Crippen molar-refractivity contribution < 1.29 is 38.3 Å². The zero-order valence-corrected chi connectivity index (χ0v) is 22.3. The molecular weight excluding hydrogens is 506 g/mol. The lowest BCUT2D eigenvalue weighted by molar-refractivity contribution is -0.141. The van der Waals surface area contributed by atoms with E-state index in [0.29, 0.717) is 11.5 Å². The molecule has 1 heterocycles. The van der Waals surface area contributed by atoms with Crippen molar-refractivity contribution in [2.45, 2.75) is 52.1 Å². The van der Waals surface area contributed by atoms with Crippen LogP contribution in [-0.2, 0) is 19.2 Å². The van der Waals surface area contributed by atoms with E-state index in [0.717, 1.165) is 10.8 Å². The maximum Gasteiger partial charge on any atom is 0.305 e. The molecule has 39 heavy (non-hydrogen) atoms. The van der Waals surface area contributed by atoms with E-state index < -0.39 is 48.7 Å². The Bertz CT molecular complexity index is 1310. The summed E-state index contributed by atoms with van der Waals surface area (Å²) in [5, 5.41) is 19.9. The van der Waals surface area contributed by atoms with Crippen molar-refractivity contribution in [1.29, 1.82) is 0 Å². The van der Waals surface area contributed by atoms with Crippen molar-refractivity contribution in [1.82, 2.24) is 15.8 Å². The monoisotopic (exact) mass is 539 g/mol. The number of amides is 2. The number of aliphatic carboxylic acids is 1. The lowest BCUT2D eigenvalue weighted by Gasteiger charge is -2.24. The molecule has 2 atom stereocenters. The van der Waals surface area contributed by atoms with Gasteiger partial charge in [0.1, 0.15) is 23.6 Å². The van der Waals surface area contributed by atoms with Crippen LogP contribution in [0.3, 0.4) is 0 Å². The number of carboxylic acid groups (broad SMARTS) is 1. The number of carboxylic acids is 1. The highest BCUT2D eigenvalue weighted by molar-refractivity contribution is 5.95. The second kappa shape index (κ2) is 13.4. The van der Waals surface area contributed by atoms with Gasteiger partial charge in [0.2, 0.25) is 5.91 Å². The minimum Gasteiger partial charge on any atom is -0.483 e. The molecule has 0 bridgehead atoms. The number of carbonyl (C=O) groups excluding carboxylic acids is 3. The fraction of sp³-hybridized carbons (Fsp3) is 0.393. The van der Waals surface area contributed by atoms with Crippen LogP contribution >= 0.6 is 0 Å². The van der Waals surface area contributed by atoms with Crippen molar-refractivity contribution in [3.05, 3.63) is 54.3 Å². The minimum atomic E-state index is -1.38. The molecule has 2 amide bonds. The summed E-state index contributed by atoms with van der Waals surface area (Å²) in [6.07, 6.45) is -0.660. The number of nitrogens with zero attached hydrogens (tertiary/aromatic N) is 1. The number of carbonyl (C=O) groups is 4. The third-order valence-electron chi connectivity index (χ3n) is 5.90. The molecule has 208 valence electrons. The number of nitrogens with one attached hydrogen (secondary N) is 2. The van der Waals surface area contributed by atoms with Crippen LogP contribution in [0, 0.1) is 5.92 Å². The highest BCUT2D eigenvalue weighted by Gasteiger charge is 2.30. The Balaban J connectivity index is 1.60. The van der Waals surface area contributed by atoms with Gasteiger partial charge in [-0.05, 0) is 22.5 Å². The summed E-state index contributed by atoms with van der Waals surface area (Å²) in [4.78, 5) is 49.8. The van der Waals surface area contributed by atoms with Gasteiger partial charge in [-0.15, -0.1) is 0 Å². The van der Waals surface area contributed by atoms with Crippen LogP contribution in [0.1, 0.15) is 45.8 Å². The van der Waals surface area contributed by atoms with Gasteiger partial charge in [0.05, 0.1) is 6.42 Å². The number of fused-ring (bicyclic) bond motifs is 1. The summed E-state index contributed by atoms with van der Waals surface area (Å²) in [7, 11) is 0. The molecule has 2 aromatic carbocycles. The first-order valence-electron chi connectivity index (χ1n) is 12.6. The summed E-state index contributed by atoms with van der Waals surface area (Å²) in [6, 6.07) is 12.2. The number of ketones is 1. The summed E-state index contributed by atoms with van der Waals surface area (Å²) >= 11 is 0. The highest BCUT2D eigenvalue weighted by atomic mass is 16.5. The van der Waals surface area contributed by atoms with Crippen LogP contribution < -0.4 is 20.1 Å². The molecule has 0 aliphatic rings. The summed E-state index contributed by atoms with van der Waals surface area (Å²) in [5.74, 6) is -2.36. The van der Waals surface area contributed by atoms with E-state index in [2.05, 4.69) is 15.8 Å². The molecule has 0 saturated heterocycles. The van der Waals surface area contributed by atoms with Gasteiger partial charge < -0.3 is 29.7 Å². The maximum absolute atomic E-state index is 13.0. The second-order valence-electron chi connectivity index (χ2n) is 9.69. The maximum atomic E-state index is 13.0. The van der Waals surface area contributed by atoms with Crippen molar-refractivity contribution in [3.8, 4) is 11.6 Å². The fourth-order valence-electron chi connectivity index (χ4n) is 3.75. The van der Waals surface area contributed by atoms with Gasteiger partial charge in [-0.2, -0.15) is 0 Å². The molecule has 0 saturated carbocycles. The molecule has 0 fully saturated rings. The molecule has 0 radical (unpaired) electrons. The number of benzene rings is 2. The number of hydrogen-bond acceptors (Lipinski definition) is 8. The second-order valence-corrected chi connectivity index (χ2v) is 9.69. The zero-order valence-electron chi connectivity index (χ0n) is 22.3. The molecule has 3 aromatic rings. The van der Waals surface area contributed by atoms with E-state index in [1.165, 1.54) is 6.07 Å². The predicted molar refractivity (Wildman–Crippen MR) is 141 cm³/mol. The highest BCUT2D eigenvalue weighted by Crippen LogP contribution is 2.25. The van der Waals surface area contributed by atoms with Crippen molar-refractivity contribution in [2.75, 3.05) is 13.2 Å². The standard InChI is InChI=1S/C28H33N3O8/c1-16(2)23-13-25(31-39-23)38-14-21(32)20(12-26(34)35)29-28(36)27(17(3)4)30-24(33)15-37-22-11-7-9-18-8-5-6-10-19(18)22/h5-11,13,16-17,20,27H,12,14-15H2,1-4H3,(H,29,36)(H,30,33)(H,34,35)/t20-,27-/m0/s1. The summed E-state index contributed by atoms with van der Waals surface area (Å²) < 4.78 is 16.1. The number of Topliss-reactive ketones (excluding diaryl/α,β-unsaturated/α-hetero) is 1. The first kappa shape index (κ1) is 29.2. The number of rotatable bonds is 14. The van der Waals surface area contributed by atoms with Gasteiger partial charge in [-0.3, -0.25) is 19.2 Å². The van der Waals surface area contributed by atoms with E-state index in [4.69, 9.17) is 14.0 Å². The topological polar surface area (TPSA) is 157 Å². The molecule has 11 heteroatoms. The van der Waals surface area contributed by atoms with Crippen LogP contribution in [0.4, 0.5) is 0 Å². The van der Waals surface area contributed by atoms with Crippen molar-refractivity contribution in [3.63, 3.8) is 0 Å². The van der Waals surface area contributed by atoms with E-state index in [9.17, 15) is 24.3 Å². The van der Waals surface area contributed by atoms with E-state index in [-0.39, 0.29) is 24.3 Å². The Hall–Kier alpha value is -4.41. The van der Waals surface area contributed by atoms with Gasteiger partial charge in [-0.25, -0.2) is 0 Å². The molecule has 3 N–H and O–H groups in total. The molecule has 3 rings (SSSR count). The lowest BCUT2D eigenvalue weighted by Crippen LogP contribution is -2.55.